The van der Waals surface area contributed by atoms with Crippen molar-refractivity contribution < 1.29 is 4.79 Å². The van der Waals surface area contributed by atoms with Gasteiger partial charge in [0, 0.05) is 13.6 Å². The van der Waals surface area contributed by atoms with Crippen LogP contribution in [0.2, 0.25) is 0 Å². The lowest BCUT2D eigenvalue weighted by atomic mass is 10.1. The summed E-state index contributed by atoms with van der Waals surface area (Å²) < 4.78 is 0. The molecule has 2 N–H and O–H groups in total. The van der Waals surface area contributed by atoms with Crippen molar-refractivity contribution in [2.75, 3.05) is 13.6 Å². The summed E-state index contributed by atoms with van der Waals surface area (Å²) in [4.78, 5) is 13.1. The van der Waals surface area contributed by atoms with Gasteiger partial charge in [-0.2, -0.15) is 0 Å². The van der Waals surface area contributed by atoms with E-state index in [2.05, 4.69) is 12.1 Å². The summed E-state index contributed by atoms with van der Waals surface area (Å²) in [7, 11) is 1.79. The molecule has 16 heavy (non-hydrogen) atoms. The minimum Gasteiger partial charge on any atom is -0.344 e. The molecule has 0 saturated carbocycles. The number of hydrogen-bond acceptors (Lipinski definition) is 2. The molecule has 0 aliphatic rings. The fourth-order valence-electron chi connectivity index (χ4n) is 1.40. The number of carbonyl (C=O) groups is 1. The summed E-state index contributed by atoms with van der Waals surface area (Å²) in [5.41, 5.74) is 6.75. The second-order valence-electron chi connectivity index (χ2n) is 3.78. The molecule has 1 aromatic carbocycles. The number of nitrogens with two attached hydrogens (primary N) is 1. The Hall–Kier alpha value is -1.06. The lowest BCUT2D eigenvalue weighted by Gasteiger charge is -2.19. The Labute approximate surface area is 103 Å². The van der Waals surface area contributed by atoms with E-state index >= 15 is 0 Å². The first-order chi connectivity index (χ1) is 7.11. The molecule has 1 amide bonds. The molecule has 0 unspecified atom stereocenters. The first-order valence-electron chi connectivity index (χ1n) is 5.15. The van der Waals surface area contributed by atoms with Crippen LogP contribution in [0.1, 0.15) is 12.5 Å². The van der Waals surface area contributed by atoms with Crippen molar-refractivity contribution in [3.8, 4) is 0 Å². The molecule has 0 bridgehead atoms. The highest BCUT2D eigenvalue weighted by atomic mass is 35.5. The van der Waals surface area contributed by atoms with Gasteiger partial charge in [0.15, 0.2) is 0 Å². The van der Waals surface area contributed by atoms with Crippen LogP contribution < -0.4 is 5.73 Å². The van der Waals surface area contributed by atoms with Crippen molar-refractivity contribution in [1.29, 1.82) is 0 Å². The largest absolute Gasteiger partial charge is 0.344 e. The standard InChI is InChI=1S/C12H18N2O.ClH/c1-10(13)12(15)14(2)9-8-11-6-4-3-5-7-11;/h3-7,10H,8-9,13H2,1-2H3;1H/t10-;/m1./s1. The van der Waals surface area contributed by atoms with Crippen molar-refractivity contribution in [3.63, 3.8) is 0 Å². The first kappa shape index (κ1) is 14.9. The highest BCUT2D eigenvalue weighted by Crippen LogP contribution is 2.01. The molecule has 0 heterocycles. The number of rotatable bonds is 4. The molecular weight excluding hydrogens is 224 g/mol. The Morgan fingerprint density at radius 1 is 1.38 bits per heavy atom. The van der Waals surface area contributed by atoms with Gasteiger partial charge in [-0.15, -0.1) is 12.4 Å². The molecule has 0 aromatic heterocycles. The Bertz CT molecular complexity index is 314. The van der Waals surface area contributed by atoms with Gasteiger partial charge in [0.1, 0.15) is 0 Å². The van der Waals surface area contributed by atoms with Crippen LogP contribution in [0.4, 0.5) is 0 Å². The summed E-state index contributed by atoms with van der Waals surface area (Å²) in [6.45, 7) is 2.42. The quantitative estimate of drug-likeness (QED) is 0.869. The Morgan fingerprint density at radius 2 is 1.94 bits per heavy atom. The Morgan fingerprint density at radius 3 is 2.44 bits per heavy atom. The minimum absolute atomic E-state index is 0. The number of halogens is 1. The fourth-order valence-corrected chi connectivity index (χ4v) is 1.40. The zero-order valence-corrected chi connectivity index (χ0v) is 10.5. The smallest absolute Gasteiger partial charge is 0.238 e. The van der Waals surface area contributed by atoms with E-state index in [4.69, 9.17) is 5.73 Å². The predicted octanol–water partition coefficient (Wildman–Crippen LogP) is 1.46. The summed E-state index contributed by atoms with van der Waals surface area (Å²) in [5.74, 6) is -0.00840. The number of carbonyl (C=O) groups excluding carboxylic acids is 1. The normalized spacial score (nSPS) is 11.4. The average Bonchev–Trinajstić information content (AvgIpc) is 2.26. The fraction of sp³-hybridized carbons (Fsp3) is 0.417. The van der Waals surface area contributed by atoms with E-state index in [0.717, 1.165) is 6.42 Å². The van der Waals surface area contributed by atoms with Crippen LogP contribution in [0.15, 0.2) is 30.3 Å². The average molecular weight is 243 g/mol. The van der Waals surface area contributed by atoms with E-state index in [9.17, 15) is 4.79 Å². The van der Waals surface area contributed by atoms with Gasteiger partial charge >= 0.3 is 0 Å². The van der Waals surface area contributed by atoms with Gasteiger partial charge in [-0.1, -0.05) is 30.3 Å². The van der Waals surface area contributed by atoms with Crippen LogP contribution in [0, 0.1) is 0 Å². The third-order valence-electron chi connectivity index (χ3n) is 2.34. The van der Waals surface area contributed by atoms with E-state index in [1.165, 1.54) is 5.56 Å². The molecular formula is C12H19ClN2O. The molecule has 1 rings (SSSR count). The predicted molar refractivity (Wildman–Crippen MR) is 68.7 cm³/mol. The second-order valence-corrected chi connectivity index (χ2v) is 3.78. The van der Waals surface area contributed by atoms with Crippen LogP contribution in [0.3, 0.4) is 0 Å². The molecule has 3 nitrogen and oxygen atoms in total. The van der Waals surface area contributed by atoms with E-state index in [0.29, 0.717) is 6.54 Å². The van der Waals surface area contributed by atoms with E-state index < -0.39 is 6.04 Å². The summed E-state index contributed by atoms with van der Waals surface area (Å²) >= 11 is 0. The molecule has 0 aliphatic heterocycles. The van der Waals surface area contributed by atoms with Crippen molar-refractivity contribution >= 4 is 18.3 Å². The molecule has 0 radical (unpaired) electrons. The third-order valence-corrected chi connectivity index (χ3v) is 2.34. The van der Waals surface area contributed by atoms with Gasteiger partial charge < -0.3 is 10.6 Å². The Kier molecular flexibility index (Phi) is 6.77. The molecule has 0 fully saturated rings. The molecule has 0 aliphatic carbocycles. The zero-order valence-electron chi connectivity index (χ0n) is 9.72. The first-order valence-corrected chi connectivity index (χ1v) is 5.15. The summed E-state index contributed by atoms with van der Waals surface area (Å²) in [6, 6.07) is 9.70. The van der Waals surface area contributed by atoms with Gasteiger partial charge in [0.05, 0.1) is 6.04 Å². The van der Waals surface area contributed by atoms with Gasteiger partial charge in [-0.25, -0.2) is 0 Å². The molecule has 1 atom stereocenters. The van der Waals surface area contributed by atoms with Gasteiger partial charge in [-0.05, 0) is 18.9 Å². The lowest BCUT2D eigenvalue weighted by Crippen LogP contribution is -2.40. The molecule has 0 spiro atoms. The molecule has 0 saturated heterocycles. The Balaban J connectivity index is 0.00000225. The number of nitrogens with zero attached hydrogens (tertiary/aromatic N) is 1. The second kappa shape index (κ2) is 7.25. The maximum absolute atomic E-state index is 11.5. The van der Waals surface area contributed by atoms with E-state index in [1.807, 2.05) is 18.2 Å². The highest BCUT2D eigenvalue weighted by molar-refractivity contribution is 5.85. The number of amides is 1. The zero-order chi connectivity index (χ0) is 11.3. The van der Waals surface area contributed by atoms with Crippen LogP contribution in [-0.4, -0.2) is 30.4 Å². The molecule has 1 aromatic rings. The van der Waals surface area contributed by atoms with Gasteiger partial charge in [-0.3, -0.25) is 4.79 Å². The van der Waals surface area contributed by atoms with Crippen molar-refractivity contribution in [2.45, 2.75) is 19.4 Å². The van der Waals surface area contributed by atoms with E-state index in [-0.39, 0.29) is 18.3 Å². The number of likely N-dealkylation sites (N-methyl/N-ethyl adjacent to an activating group) is 1. The maximum atomic E-state index is 11.5. The van der Waals surface area contributed by atoms with Crippen molar-refractivity contribution in [1.82, 2.24) is 4.90 Å². The van der Waals surface area contributed by atoms with E-state index in [1.54, 1.807) is 18.9 Å². The number of benzene rings is 1. The third kappa shape index (κ3) is 4.64. The lowest BCUT2D eigenvalue weighted by molar-refractivity contribution is -0.130. The van der Waals surface area contributed by atoms with Crippen LogP contribution >= 0.6 is 12.4 Å². The van der Waals surface area contributed by atoms with Crippen LogP contribution in [-0.2, 0) is 11.2 Å². The molecule has 90 valence electrons. The minimum atomic E-state index is -0.411. The molecule has 4 heteroatoms. The van der Waals surface area contributed by atoms with Gasteiger partial charge in [0.2, 0.25) is 5.91 Å². The number of hydrogen-bond donors (Lipinski definition) is 1. The van der Waals surface area contributed by atoms with Gasteiger partial charge in [0.25, 0.3) is 0 Å². The summed E-state index contributed by atoms with van der Waals surface area (Å²) in [6.07, 6.45) is 0.871. The summed E-state index contributed by atoms with van der Waals surface area (Å²) in [5, 5.41) is 0. The topological polar surface area (TPSA) is 46.3 Å². The van der Waals surface area contributed by atoms with Crippen molar-refractivity contribution in [2.24, 2.45) is 5.73 Å². The van der Waals surface area contributed by atoms with Crippen molar-refractivity contribution in [3.05, 3.63) is 35.9 Å². The van der Waals surface area contributed by atoms with Crippen LogP contribution in [0.25, 0.3) is 0 Å². The maximum Gasteiger partial charge on any atom is 0.238 e. The van der Waals surface area contributed by atoms with Crippen LogP contribution in [0.5, 0.6) is 0 Å². The monoisotopic (exact) mass is 242 g/mol. The SMILES string of the molecule is C[C@@H](N)C(=O)N(C)CCc1ccccc1.Cl. The highest BCUT2D eigenvalue weighted by Gasteiger charge is 2.12.